The van der Waals surface area contributed by atoms with Crippen LogP contribution < -0.4 is 10.1 Å². The van der Waals surface area contributed by atoms with Crippen molar-refractivity contribution in [3.05, 3.63) is 69.8 Å². The number of para-hydroxylation sites is 1. The summed E-state index contributed by atoms with van der Waals surface area (Å²) >= 11 is 6.04. The van der Waals surface area contributed by atoms with E-state index in [0.717, 1.165) is 37.7 Å². The molecule has 2 atom stereocenters. The molecule has 0 radical (unpaired) electrons. The van der Waals surface area contributed by atoms with Crippen molar-refractivity contribution in [1.29, 1.82) is 0 Å². The van der Waals surface area contributed by atoms with Crippen LogP contribution in [0.5, 0.6) is 11.5 Å². The standard InChI is InChI=1S/C26H26ClN5O4/c1-16-4-2-3-5-22(16)36-21-8-19(7-20(9-21)32(34)35)29-23(33)25-10-17-6-18(11-25)13-26(12-17,14-25)31-15-28-24(27)30-31/h2-5,7-9,15,17-18H,6,10-14H2,1H3,(H,29,33)/t17-,18-,25?,26?/m1/s1. The number of benzene rings is 2. The quantitative estimate of drug-likeness (QED) is 0.329. The van der Waals surface area contributed by atoms with Gasteiger partial charge in [0.2, 0.25) is 11.2 Å². The van der Waals surface area contributed by atoms with Crippen molar-refractivity contribution in [2.45, 2.75) is 51.0 Å². The van der Waals surface area contributed by atoms with Crippen LogP contribution >= 0.6 is 11.6 Å². The summed E-state index contributed by atoms with van der Waals surface area (Å²) in [5, 5.41) is 19.3. The van der Waals surface area contributed by atoms with Crippen molar-refractivity contribution in [3.8, 4) is 11.5 Å². The van der Waals surface area contributed by atoms with Gasteiger partial charge in [0.1, 0.15) is 17.8 Å². The molecule has 9 nitrogen and oxygen atoms in total. The Hall–Kier alpha value is -3.46. The molecule has 1 heterocycles. The van der Waals surface area contributed by atoms with Crippen LogP contribution in [0.15, 0.2) is 48.8 Å². The molecule has 4 saturated carbocycles. The zero-order valence-electron chi connectivity index (χ0n) is 19.8. The Labute approximate surface area is 213 Å². The van der Waals surface area contributed by atoms with E-state index in [1.165, 1.54) is 12.1 Å². The van der Waals surface area contributed by atoms with Crippen LogP contribution in [-0.4, -0.2) is 25.6 Å². The number of nitrogens with zero attached hydrogens (tertiary/aromatic N) is 4. The number of aromatic nitrogens is 3. The molecule has 4 bridgehead atoms. The van der Waals surface area contributed by atoms with Gasteiger partial charge in [-0.2, -0.15) is 0 Å². The summed E-state index contributed by atoms with van der Waals surface area (Å²) < 4.78 is 7.83. The third kappa shape index (κ3) is 3.91. The Bertz CT molecular complexity index is 1360. The first-order chi connectivity index (χ1) is 17.2. The summed E-state index contributed by atoms with van der Waals surface area (Å²) in [4.78, 5) is 29.1. The van der Waals surface area contributed by atoms with Gasteiger partial charge >= 0.3 is 0 Å². The molecule has 1 amide bonds. The normalized spacial score (nSPS) is 28.2. The van der Waals surface area contributed by atoms with Gasteiger partial charge in [-0.25, -0.2) is 9.67 Å². The summed E-state index contributed by atoms with van der Waals surface area (Å²) in [5.41, 5.74) is 0.275. The molecule has 10 heteroatoms. The molecule has 4 aliphatic carbocycles. The van der Waals surface area contributed by atoms with E-state index in [9.17, 15) is 14.9 Å². The molecule has 186 valence electrons. The maximum atomic E-state index is 13.9. The number of nitrogens with one attached hydrogen (secondary N) is 1. The topological polar surface area (TPSA) is 112 Å². The van der Waals surface area contributed by atoms with E-state index < -0.39 is 10.3 Å². The summed E-state index contributed by atoms with van der Waals surface area (Å²) in [6.07, 6.45) is 6.98. The highest BCUT2D eigenvalue weighted by molar-refractivity contribution is 6.28. The van der Waals surface area contributed by atoms with Crippen molar-refractivity contribution in [2.75, 3.05) is 5.32 Å². The first-order valence-electron chi connectivity index (χ1n) is 12.2. The lowest BCUT2D eigenvalue weighted by molar-refractivity contribution is -0.384. The molecule has 4 aliphatic rings. The number of nitro groups is 1. The van der Waals surface area contributed by atoms with Crippen molar-refractivity contribution in [1.82, 2.24) is 14.8 Å². The molecular weight excluding hydrogens is 482 g/mol. The highest BCUT2D eigenvalue weighted by atomic mass is 35.5. The van der Waals surface area contributed by atoms with Gasteiger partial charge in [-0.15, -0.1) is 5.10 Å². The zero-order valence-corrected chi connectivity index (χ0v) is 20.6. The first-order valence-corrected chi connectivity index (χ1v) is 12.5. The summed E-state index contributed by atoms with van der Waals surface area (Å²) in [7, 11) is 0. The Morgan fingerprint density at radius 2 is 1.94 bits per heavy atom. The monoisotopic (exact) mass is 507 g/mol. The Morgan fingerprint density at radius 1 is 1.19 bits per heavy atom. The molecule has 0 saturated heterocycles. The second-order valence-corrected chi connectivity index (χ2v) is 11.1. The number of ether oxygens (including phenoxy) is 1. The lowest BCUT2D eigenvalue weighted by Crippen LogP contribution is -2.60. The Balaban J connectivity index is 1.30. The predicted molar refractivity (Wildman–Crippen MR) is 133 cm³/mol. The number of rotatable bonds is 6. The number of non-ortho nitro benzene ring substituents is 1. The SMILES string of the molecule is Cc1ccccc1Oc1cc(NC(=O)C23C[C@H]4C[C@H](C2)CC(n2cnc(Cl)n2)(C4)C3)cc([N+](=O)[O-])c1. The Morgan fingerprint density at radius 3 is 2.61 bits per heavy atom. The van der Waals surface area contributed by atoms with Crippen LogP contribution in [-0.2, 0) is 10.3 Å². The predicted octanol–water partition coefficient (Wildman–Crippen LogP) is 5.87. The van der Waals surface area contributed by atoms with E-state index in [1.54, 1.807) is 18.5 Å². The largest absolute Gasteiger partial charge is 0.457 e. The third-order valence-electron chi connectivity index (χ3n) is 8.14. The minimum absolute atomic E-state index is 0.102. The highest BCUT2D eigenvalue weighted by Gasteiger charge is 2.61. The fraction of sp³-hybridized carbons (Fsp3) is 0.423. The van der Waals surface area contributed by atoms with Gasteiger partial charge in [0.25, 0.3) is 5.69 Å². The lowest BCUT2D eigenvalue weighted by atomic mass is 9.46. The van der Waals surface area contributed by atoms with E-state index in [4.69, 9.17) is 16.3 Å². The number of carbonyl (C=O) groups excluding carboxylic acids is 1. The van der Waals surface area contributed by atoms with Crippen molar-refractivity contribution in [2.24, 2.45) is 17.3 Å². The second kappa shape index (κ2) is 8.30. The molecule has 1 N–H and O–H groups in total. The van der Waals surface area contributed by atoms with Crippen LogP contribution in [0.1, 0.15) is 44.1 Å². The number of nitro benzene ring substituents is 1. The summed E-state index contributed by atoms with van der Waals surface area (Å²) in [6.45, 7) is 1.90. The van der Waals surface area contributed by atoms with E-state index in [0.29, 0.717) is 35.4 Å². The van der Waals surface area contributed by atoms with Crippen LogP contribution in [0.3, 0.4) is 0 Å². The molecule has 3 aromatic rings. The second-order valence-electron chi connectivity index (χ2n) is 10.7. The maximum absolute atomic E-state index is 13.9. The zero-order chi connectivity index (χ0) is 25.1. The molecule has 4 fully saturated rings. The molecule has 1 aromatic heterocycles. The maximum Gasteiger partial charge on any atom is 0.275 e. The van der Waals surface area contributed by atoms with Gasteiger partial charge in [-0.05, 0) is 80.5 Å². The van der Waals surface area contributed by atoms with Gasteiger partial charge in [0.15, 0.2) is 0 Å². The summed E-state index contributed by atoms with van der Waals surface area (Å²) in [5.74, 6) is 1.64. The number of halogens is 1. The Kier molecular flexibility index (Phi) is 5.29. The molecule has 0 spiro atoms. The van der Waals surface area contributed by atoms with Crippen LogP contribution in [0.2, 0.25) is 5.28 Å². The third-order valence-corrected chi connectivity index (χ3v) is 8.32. The van der Waals surface area contributed by atoms with Crippen molar-refractivity contribution in [3.63, 3.8) is 0 Å². The molecule has 0 unspecified atom stereocenters. The number of hydrogen-bond donors (Lipinski definition) is 1. The summed E-state index contributed by atoms with van der Waals surface area (Å²) in [6, 6.07) is 11.8. The number of anilines is 1. The average molecular weight is 508 g/mol. The molecule has 0 aliphatic heterocycles. The highest BCUT2D eigenvalue weighted by Crippen LogP contribution is 2.64. The van der Waals surface area contributed by atoms with Gasteiger partial charge in [-0.1, -0.05) is 18.2 Å². The molecule has 2 aromatic carbocycles. The minimum Gasteiger partial charge on any atom is -0.457 e. The first kappa shape index (κ1) is 23.0. The van der Waals surface area contributed by atoms with E-state index in [2.05, 4.69) is 15.4 Å². The minimum atomic E-state index is -0.565. The van der Waals surface area contributed by atoms with Crippen LogP contribution in [0, 0.1) is 34.3 Å². The number of aryl methyl sites for hydroxylation is 1. The van der Waals surface area contributed by atoms with Gasteiger partial charge in [-0.3, -0.25) is 14.9 Å². The van der Waals surface area contributed by atoms with Gasteiger partial charge < -0.3 is 10.1 Å². The van der Waals surface area contributed by atoms with Gasteiger partial charge in [0, 0.05) is 12.1 Å². The number of hydrogen-bond acceptors (Lipinski definition) is 6. The van der Waals surface area contributed by atoms with E-state index in [1.807, 2.05) is 29.8 Å². The van der Waals surface area contributed by atoms with Crippen LogP contribution in [0.25, 0.3) is 0 Å². The van der Waals surface area contributed by atoms with Crippen molar-refractivity contribution < 1.29 is 14.5 Å². The molecular formula is C26H26ClN5O4. The molecule has 36 heavy (non-hydrogen) atoms. The fourth-order valence-electron chi connectivity index (χ4n) is 7.10. The molecule has 7 rings (SSSR count). The fourth-order valence-corrected chi connectivity index (χ4v) is 7.23. The average Bonchev–Trinajstić information content (AvgIpc) is 3.27. The van der Waals surface area contributed by atoms with Crippen molar-refractivity contribution >= 4 is 28.9 Å². The lowest BCUT2D eigenvalue weighted by Gasteiger charge is -2.60. The van der Waals surface area contributed by atoms with Crippen LogP contribution in [0.4, 0.5) is 11.4 Å². The number of amides is 1. The van der Waals surface area contributed by atoms with Gasteiger partial charge in [0.05, 0.1) is 27.6 Å². The van der Waals surface area contributed by atoms with E-state index in [-0.39, 0.29) is 22.4 Å². The smallest absolute Gasteiger partial charge is 0.275 e. The van der Waals surface area contributed by atoms with E-state index >= 15 is 0 Å². The number of carbonyl (C=O) groups is 1.